The highest BCUT2D eigenvalue weighted by Crippen LogP contribution is 2.28. The molecular weight excluding hydrogens is 454 g/mol. The molecule has 0 aliphatic carbocycles. The van der Waals surface area contributed by atoms with Gasteiger partial charge in [0.05, 0.1) is 19.1 Å². The summed E-state index contributed by atoms with van der Waals surface area (Å²) >= 11 is 1.07. The Hall–Kier alpha value is -1.98. The fraction of sp³-hybridized carbons (Fsp3) is 0.667. The van der Waals surface area contributed by atoms with Gasteiger partial charge in [0, 0.05) is 33.2 Å². The maximum Gasteiger partial charge on any atom is 0.309 e. The van der Waals surface area contributed by atoms with Crippen molar-refractivity contribution in [2.45, 2.75) is 43.9 Å². The Morgan fingerprint density at radius 2 is 1.78 bits per heavy atom. The van der Waals surface area contributed by atoms with Gasteiger partial charge in [-0.15, -0.1) is 11.3 Å². The van der Waals surface area contributed by atoms with Crippen molar-refractivity contribution in [2.24, 2.45) is 5.92 Å². The van der Waals surface area contributed by atoms with E-state index < -0.39 is 15.9 Å². The number of likely N-dealkylation sites (tertiary alicyclic amines) is 1. The zero-order chi connectivity index (χ0) is 23.3. The Labute approximate surface area is 193 Å². The fourth-order valence-corrected chi connectivity index (χ4v) is 6.98. The molecule has 0 bridgehead atoms. The summed E-state index contributed by atoms with van der Waals surface area (Å²) in [5.74, 6) is -1.13. The van der Waals surface area contributed by atoms with Crippen molar-refractivity contribution in [1.82, 2.24) is 14.1 Å². The molecule has 32 heavy (non-hydrogen) atoms. The molecule has 2 saturated heterocycles. The molecule has 1 aromatic heterocycles. The zero-order valence-corrected chi connectivity index (χ0v) is 20.3. The Bertz CT molecular complexity index is 931. The second kappa shape index (κ2) is 10.8. The lowest BCUT2D eigenvalue weighted by molar-refractivity contribution is -0.151. The minimum absolute atomic E-state index is 0.0175. The molecule has 178 valence electrons. The first-order chi connectivity index (χ1) is 15.3. The summed E-state index contributed by atoms with van der Waals surface area (Å²) in [6.45, 7) is 3.73. The molecule has 0 spiro atoms. The molecule has 2 aliphatic rings. The summed E-state index contributed by atoms with van der Waals surface area (Å²) in [4.78, 5) is 40.6. The van der Waals surface area contributed by atoms with Crippen LogP contribution in [0.5, 0.6) is 0 Å². The van der Waals surface area contributed by atoms with Crippen LogP contribution >= 0.6 is 11.3 Å². The van der Waals surface area contributed by atoms with Gasteiger partial charge in [-0.1, -0.05) is 6.42 Å². The molecule has 3 rings (SSSR count). The van der Waals surface area contributed by atoms with E-state index in [9.17, 15) is 22.8 Å². The van der Waals surface area contributed by atoms with Crippen LogP contribution in [-0.2, 0) is 24.3 Å². The number of carbonyl (C=O) groups excluding carboxylic acids is 3. The number of ether oxygens (including phenoxy) is 1. The van der Waals surface area contributed by atoms with Gasteiger partial charge in [-0.25, -0.2) is 8.42 Å². The van der Waals surface area contributed by atoms with Gasteiger partial charge in [-0.3, -0.25) is 14.4 Å². The molecule has 3 heterocycles. The molecule has 0 aromatic carbocycles. The highest BCUT2D eigenvalue weighted by Gasteiger charge is 2.33. The third kappa shape index (κ3) is 5.49. The first-order valence-electron chi connectivity index (χ1n) is 11.0. The number of nitrogens with zero attached hydrogens (tertiary/aromatic N) is 3. The third-order valence-corrected chi connectivity index (χ3v) is 8.92. The van der Waals surface area contributed by atoms with Gasteiger partial charge < -0.3 is 14.5 Å². The fourth-order valence-electron chi connectivity index (χ4n) is 4.07. The standard InChI is InChI=1S/C21H31N3O6S2/c1-3-30-21(27)16-7-12-23(13-8-16)18(25)15-22(2)20(26)19-17(9-14-31-19)32(28,29)24-10-5-4-6-11-24/h9,14,16H,3-8,10-13,15H2,1-2H3. The number of amides is 2. The van der Waals surface area contributed by atoms with Crippen molar-refractivity contribution in [3.05, 3.63) is 16.3 Å². The van der Waals surface area contributed by atoms with Gasteiger partial charge in [0.25, 0.3) is 5.91 Å². The highest BCUT2D eigenvalue weighted by molar-refractivity contribution is 7.89. The van der Waals surface area contributed by atoms with E-state index in [4.69, 9.17) is 4.74 Å². The molecule has 11 heteroatoms. The maximum absolute atomic E-state index is 13.0. The summed E-state index contributed by atoms with van der Waals surface area (Å²) < 4.78 is 32.6. The second-order valence-electron chi connectivity index (χ2n) is 8.15. The van der Waals surface area contributed by atoms with Gasteiger partial charge in [-0.2, -0.15) is 4.31 Å². The maximum atomic E-state index is 13.0. The number of thiophene rings is 1. The van der Waals surface area contributed by atoms with E-state index in [0.717, 1.165) is 30.6 Å². The minimum atomic E-state index is -3.74. The van der Waals surface area contributed by atoms with Gasteiger partial charge in [0.1, 0.15) is 9.77 Å². The monoisotopic (exact) mass is 485 g/mol. The molecule has 0 N–H and O–H groups in total. The SMILES string of the molecule is CCOC(=O)C1CCN(C(=O)CN(C)C(=O)c2sccc2S(=O)(=O)N2CCCCC2)CC1. The molecule has 0 saturated carbocycles. The minimum Gasteiger partial charge on any atom is -0.466 e. The Balaban J connectivity index is 1.60. The van der Waals surface area contributed by atoms with E-state index in [1.807, 2.05) is 0 Å². The van der Waals surface area contributed by atoms with Gasteiger partial charge in [0.2, 0.25) is 15.9 Å². The number of hydrogen-bond donors (Lipinski definition) is 0. The number of sulfonamides is 1. The van der Waals surface area contributed by atoms with E-state index in [0.29, 0.717) is 45.6 Å². The van der Waals surface area contributed by atoms with Crippen molar-refractivity contribution in [3.8, 4) is 0 Å². The average molecular weight is 486 g/mol. The van der Waals surface area contributed by atoms with E-state index in [1.54, 1.807) is 17.2 Å². The lowest BCUT2D eigenvalue weighted by Gasteiger charge is -2.32. The van der Waals surface area contributed by atoms with Crippen molar-refractivity contribution >= 4 is 39.1 Å². The number of hydrogen-bond acceptors (Lipinski definition) is 7. The highest BCUT2D eigenvalue weighted by atomic mass is 32.2. The molecule has 2 aliphatic heterocycles. The van der Waals surface area contributed by atoms with Crippen molar-refractivity contribution in [3.63, 3.8) is 0 Å². The Morgan fingerprint density at radius 3 is 2.41 bits per heavy atom. The predicted molar refractivity (Wildman–Crippen MR) is 120 cm³/mol. The van der Waals surface area contributed by atoms with Crippen LogP contribution in [0.3, 0.4) is 0 Å². The summed E-state index contributed by atoms with van der Waals surface area (Å²) in [6, 6.07) is 1.47. The molecule has 9 nitrogen and oxygen atoms in total. The Morgan fingerprint density at radius 1 is 1.12 bits per heavy atom. The van der Waals surface area contributed by atoms with Crippen LogP contribution in [0.2, 0.25) is 0 Å². The summed E-state index contributed by atoms with van der Waals surface area (Å²) in [5, 5.41) is 1.60. The summed E-state index contributed by atoms with van der Waals surface area (Å²) in [5.41, 5.74) is 0. The van der Waals surface area contributed by atoms with Gasteiger partial charge >= 0.3 is 5.97 Å². The molecule has 0 radical (unpaired) electrons. The van der Waals surface area contributed by atoms with Crippen LogP contribution in [-0.4, -0.2) is 86.7 Å². The van der Waals surface area contributed by atoms with Crippen LogP contribution in [0.4, 0.5) is 0 Å². The van der Waals surface area contributed by atoms with E-state index >= 15 is 0 Å². The van der Waals surface area contributed by atoms with Crippen molar-refractivity contribution in [2.75, 3.05) is 46.4 Å². The molecule has 1 aromatic rings. The largest absolute Gasteiger partial charge is 0.466 e. The van der Waals surface area contributed by atoms with Crippen LogP contribution in [0, 0.1) is 5.92 Å². The Kier molecular flexibility index (Phi) is 8.29. The normalized spacial score (nSPS) is 18.4. The third-order valence-electron chi connectivity index (χ3n) is 5.94. The predicted octanol–water partition coefficient (Wildman–Crippen LogP) is 1.80. The first-order valence-corrected chi connectivity index (χ1v) is 13.3. The molecular formula is C21H31N3O6S2. The summed E-state index contributed by atoms with van der Waals surface area (Å²) in [6.07, 6.45) is 3.70. The van der Waals surface area contributed by atoms with Gasteiger partial charge in [0.15, 0.2) is 0 Å². The molecule has 0 atom stereocenters. The van der Waals surface area contributed by atoms with E-state index in [1.165, 1.54) is 22.3 Å². The number of likely N-dealkylation sites (N-methyl/N-ethyl adjacent to an activating group) is 1. The quantitative estimate of drug-likeness (QED) is 0.546. The second-order valence-corrected chi connectivity index (χ2v) is 11.0. The molecule has 2 amide bonds. The van der Waals surface area contributed by atoms with Gasteiger partial charge in [-0.05, 0) is 44.1 Å². The van der Waals surface area contributed by atoms with Crippen LogP contribution in [0.25, 0.3) is 0 Å². The van der Waals surface area contributed by atoms with Crippen LogP contribution in [0.1, 0.15) is 48.7 Å². The smallest absolute Gasteiger partial charge is 0.309 e. The molecule has 2 fully saturated rings. The van der Waals surface area contributed by atoms with Crippen molar-refractivity contribution < 1.29 is 27.5 Å². The number of carbonyl (C=O) groups is 3. The topological polar surface area (TPSA) is 104 Å². The number of esters is 1. The van der Waals surface area contributed by atoms with Crippen LogP contribution < -0.4 is 0 Å². The van der Waals surface area contributed by atoms with E-state index in [-0.39, 0.29) is 34.1 Å². The molecule has 0 unspecified atom stereocenters. The lowest BCUT2D eigenvalue weighted by Crippen LogP contribution is -2.45. The van der Waals surface area contributed by atoms with Crippen LogP contribution in [0.15, 0.2) is 16.3 Å². The zero-order valence-electron chi connectivity index (χ0n) is 18.6. The van der Waals surface area contributed by atoms with Crippen molar-refractivity contribution in [1.29, 1.82) is 0 Å². The summed E-state index contributed by atoms with van der Waals surface area (Å²) in [7, 11) is -2.24. The number of rotatable bonds is 7. The van der Waals surface area contributed by atoms with E-state index in [2.05, 4.69) is 0 Å². The first kappa shape index (κ1) is 24.7. The lowest BCUT2D eigenvalue weighted by atomic mass is 9.97. The average Bonchev–Trinajstić information content (AvgIpc) is 3.30. The number of piperidine rings is 2.